The van der Waals surface area contributed by atoms with E-state index in [1.807, 2.05) is 30.9 Å². The Morgan fingerprint density at radius 3 is 2.82 bits per heavy atom. The molecule has 1 amide bonds. The van der Waals surface area contributed by atoms with E-state index in [-0.39, 0.29) is 11.9 Å². The minimum Gasteiger partial charge on any atom is -0.494 e. The van der Waals surface area contributed by atoms with Crippen molar-refractivity contribution in [3.8, 4) is 5.75 Å². The molecule has 0 N–H and O–H groups in total. The van der Waals surface area contributed by atoms with E-state index in [1.165, 1.54) is 16.9 Å². The molecular weight excluding hydrogens is 296 g/mol. The van der Waals surface area contributed by atoms with Crippen LogP contribution in [0.5, 0.6) is 5.75 Å². The second-order valence-corrected chi connectivity index (χ2v) is 6.64. The van der Waals surface area contributed by atoms with Gasteiger partial charge in [0.05, 0.1) is 23.9 Å². The van der Waals surface area contributed by atoms with E-state index >= 15 is 0 Å². The Bertz CT molecular complexity index is 651. The molecule has 0 saturated carbocycles. The Morgan fingerprint density at radius 2 is 2.18 bits per heavy atom. The summed E-state index contributed by atoms with van der Waals surface area (Å²) in [7, 11) is 0. The van der Waals surface area contributed by atoms with Crippen molar-refractivity contribution in [3.05, 3.63) is 45.9 Å². The molecule has 22 heavy (non-hydrogen) atoms. The number of hydrogen-bond donors (Lipinski definition) is 0. The van der Waals surface area contributed by atoms with Crippen molar-refractivity contribution in [2.24, 2.45) is 0 Å². The van der Waals surface area contributed by atoms with Crippen LogP contribution in [0, 0.1) is 6.92 Å². The Kier molecular flexibility index (Phi) is 4.43. The molecule has 1 aliphatic heterocycles. The van der Waals surface area contributed by atoms with Crippen molar-refractivity contribution in [2.45, 2.75) is 32.7 Å². The highest BCUT2D eigenvalue weighted by molar-refractivity contribution is 7.13. The minimum absolute atomic E-state index is 0.0991. The van der Waals surface area contributed by atoms with Gasteiger partial charge in [-0.25, -0.2) is 4.98 Å². The maximum atomic E-state index is 12.7. The molecule has 1 fully saturated rings. The molecule has 0 bridgehead atoms. The molecule has 1 aromatic heterocycles. The van der Waals surface area contributed by atoms with Gasteiger partial charge in [-0.15, -0.1) is 11.3 Å². The van der Waals surface area contributed by atoms with E-state index in [0.717, 1.165) is 35.0 Å². The van der Waals surface area contributed by atoms with Crippen LogP contribution in [0.2, 0.25) is 0 Å². The van der Waals surface area contributed by atoms with E-state index < -0.39 is 0 Å². The molecule has 5 heteroatoms. The lowest BCUT2D eigenvalue weighted by Gasteiger charge is -2.24. The highest BCUT2D eigenvalue weighted by Crippen LogP contribution is 2.34. The largest absolute Gasteiger partial charge is 0.494 e. The van der Waals surface area contributed by atoms with E-state index in [9.17, 15) is 4.79 Å². The van der Waals surface area contributed by atoms with Gasteiger partial charge in [0, 0.05) is 6.54 Å². The summed E-state index contributed by atoms with van der Waals surface area (Å²) in [6.07, 6.45) is 3.74. The van der Waals surface area contributed by atoms with Crippen molar-refractivity contribution < 1.29 is 9.53 Å². The highest BCUT2D eigenvalue weighted by atomic mass is 32.1. The molecule has 1 saturated heterocycles. The molecule has 0 aliphatic carbocycles. The second kappa shape index (κ2) is 6.48. The molecule has 1 atom stereocenters. The van der Waals surface area contributed by atoms with Gasteiger partial charge < -0.3 is 9.64 Å². The molecule has 1 aliphatic rings. The summed E-state index contributed by atoms with van der Waals surface area (Å²) >= 11 is 1.47. The van der Waals surface area contributed by atoms with E-state index in [0.29, 0.717) is 6.61 Å². The molecule has 1 unspecified atom stereocenters. The molecule has 0 radical (unpaired) electrons. The van der Waals surface area contributed by atoms with Gasteiger partial charge in [-0.05, 0) is 44.4 Å². The Labute approximate surface area is 134 Å². The molecule has 116 valence electrons. The predicted molar refractivity (Wildman–Crippen MR) is 87.5 cm³/mol. The zero-order chi connectivity index (χ0) is 15.5. The normalized spacial score (nSPS) is 17.7. The van der Waals surface area contributed by atoms with Crippen LogP contribution < -0.4 is 4.74 Å². The lowest BCUT2D eigenvalue weighted by atomic mass is 10.0. The number of rotatable bonds is 4. The zero-order valence-electron chi connectivity index (χ0n) is 12.9. The number of aromatic nitrogens is 1. The molecule has 2 aromatic rings. The summed E-state index contributed by atoms with van der Waals surface area (Å²) in [5.74, 6) is 0.974. The first-order chi connectivity index (χ1) is 10.7. The number of benzene rings is 1. The maximum absolute atomic E-state index is 12.7. The van der Waals surface area contributed by atoms with E-state index in [4.69, 9.17) is 4.74 Å². The van der Waals surface area contributed by atoms with E-state index in [2.05, 4.69) is 17.1 Å². The van der Waals surface area contributed by atoms with Crippen molar-refractivity contribution in [1.82, 2.24) is 9.88 Å². The Morgan fingerprint density at radius 1 is 1.41 bits per heavy atom. The summed E-state index contributed by atoms with van der Waals surface area (Å²) in [5, 5.41) is 0.931. The van der Waals surface area contributed by atoms with Crippen LogP contribution >= 0.6 is 11.3 Å². The molecular formula is C17H20N2O2S. The van der Waals surface area contributed by atoms with Crippen LogP contribution in [0.3, 0.4) is 0 Å². The number of amides is 1. The number of carbonyl (C=O) groups is 1. The number of carbonyl (C=O) groups excluding carboxylic acids is 1. The van der Waals surface area contributed by atoms with Crippen molar-refractivity contribution in [1.29, 1.82) is 0 Å². The van der Waals surface area contributed by atoms with Gasteiger partial charge in [-0.2, -0.15) is 0 Å². The van der Waals surface area contributed by atoms with Gasteiger partial charge in [-0.1, -0.05) is 12.1 Å². The van der Waals surface area contributed by atoms with Gasteiger partial charge in [0.1, 0.15) is 10.6 Å². The first kappa shape index (κ1) is 15.0. The average molecular weight is 316 g/mol. The van der Waals surface area contributed by atoms with Crippen LogP contribution in [-0.4, -0.2) is 28.9 Å². The number of ether oxygens (including phenoxy) is 1. The van der Waals surface area contributed by atoms with Crippen molar-refractivity contribution in [2.75, 3.05) is 13.2 Å². The van der Waals surface area contributed by atoms with Crippen LogP contribution in [0.4, 0.5) is 0 Å². The summed E-state index contributed by atoms with van der Waals surface area (Å²) in [5.41, 5.74) is 1.18. The summed E-state index contributed by atoms with van der Waals surface area (Å²) in [6, 6.07) is 8.26. The fourth-order valence-corrected chi connectivity index (χ4v) is 3.64. The summed E-state index contributed by atoms with van der Waals surface area (Å²) in [6.45, 7) is 5.38. The predicted octanol–water partition coefficient (Wildman–Crippen LogP) is 3.83. The third-order valence-corrected chi connectivity index (χ3v) is 4.82. The SMILES string of the molecule is CCOc1ccc(C2CCCN2C(=O)c2cnc(C)s2)cc1. The number of nitrogens with zero attached hydrogens (tertiary/aromatic N) is 2. The van der Waals surface area contributed by atoms with Crippen LogP contribution in [-0.2, 0) is 0 Å². The highest BCUT2D eigenvalue weighted by Gasteiger charge is 2.31. The van der Waals surface area contributed by atoms with Gasteiger partial charge in [0.15, 0.2) is 0 Å². The monoisotopic (exact) mass is 316 g/mol. The van der Waals surface area contributed by atoms with Gasteiger partial charge in [0.25, 0.3) is 5.91 Å². The quantitative estimate of drug-likeness (QED) is 0.861. The Hall–Kier alpha value is -1.88. The molecule has 3 rings (SSSR count). The summed E-state index contributed by atoms with van der Waals surface area (Å²) < 4.78 is 5.48. The fourth-order valence-electron chi connectivity index (χ4n) is 2.91. The lowest BCUT2D eigenvalue weighted by molar-refractivity contribution is 0.0740. The fraction of sp³-hybridized carbons (Fsp3) is 0.412. The first-order valence-electron chi connectivity index (χ1n) is 7.65. The number of hydrogen-bond acceptors (Lipinski definition) is 4. The third kappa shape index (κ3) is 2.99. The molecule has 0 spiro atoms. The van der Waals surface area contributed by atoms with Gasteiger partial charge in [-0.3, -0.25) is 4.79 Å². The number of aryl methyl sites for hydroxylation is 1. The standard InChI is InChI=1S/C17H20N2O2S/c1-3-21-14-8-6-13(7-9-14)15-5-4-10-19(15)17(20)16-11-18-12(2)22-16/h6-9,11,15H,3-5,10H2,1-2H3. The van der Waals surface area contributed by atoms with Gasteiger partial charge in [0.2, 0.25) is 0 Å². The van der Waals surface area contributed by atoms with Gasteiger partial charge >= 0.3 is 0 Å². The minimum atomic E-state index is 0.0991. The van der Waals surface area contributed by atoms with Crippen molar-refractivity contribution >= 4 is 17.2 Å². The Balaban J connectivity index is 1.79. The maximum Gasteiger partial charge on any atom is 0.266 e. The molecule has 4 nitrogen and oxygen atoms in total. The topological polar surface area (TPSA) is 42.4 Å². The molecule has 2 heterocycles. The van der Waals surface area contributed by atoms with E-state index in [1.54, 1.807) is 6.20 Å². The zero-order valence-corrected chi connectivity index (χ0v) is 13.7. The third-order valence-electron chi connectivity index (χ3n) is 3.92. The summed E-state index contributed by atoms with van der Waals surface area (Å²) in [4.78, 5) is 19.6. The van der Waals surface area contributed by atoms with Crippen molar-refractivity contribution in [3.63, 3.8) is 0 Å². The number of thiazole rings is 1. The smallest absolute Gasteiger partial charge is 0.266 e. The van der Waals surface area contributed by atoms with Crippen LogP contribution in [0.1, 0.15) is 46.0 Å². The molecule has 1 aromatic carbocycles. The lowest BCUT2D eigenvalue weighted by Crippen LogP contribution is -2.29. The average Bonchev–Trinajstić information content (AvgIpc) is 3.16. The first-order valence-corrected chi connectivity index (χ1v) is 8.47. The van der Waals surface area contributed by atoms with Crippen LogP contribution in [0.25, 0.3) is 0 Å². The second-order valence-electron chi connectivity index (χ2n) is 5.40. The van der Waals surface area contributed by atoms with Crippen LogP contribution in [0.15, 0.2) is 30.5 Å². The number of likely N-dealkylation sites (tertiary alicyclic amines) is 1.